The van der Waals surface area contributed by atoms with E-state index in [1.165, 1.54) is 15.9 Å². The van der Waals surface area contributed by atoms with Crippen molar-refractivity contribution in [1.29, 1.82) is 5.41 Å². The van der Waals surface area contributed by atoms with E-state index in [0.29, 0.717) is 39.1 Å². The number of hydrogen-bond acceptors (Lipinski definition) is 3. The summed E-state index contributed by atoms with van der Waals surface area (Å²) in [4.78, 5) is 15.2. The molecule has 38 heavy (non-hydrogen) atoms. The van der Waals surface area contributed by atoms with Gasteiger partial charge < -0.3 is 0 Å². The van der Waals surface area contributed by atoms with Gasteiger partial charge in [-0.2, -0.15) is 0 Å². The van der Waals surface area contributed by atoms with E-state index in [0.717, 1.165) is 12.6 Å². The van der Waals surface area contributed by atoms with Crippen LogP contribution in [0.15, 0.2) is 91.0 Å². The van der Waals surface area contributed by atoms with Gasteiger partial charge in [-0.25, -0.2) is 0 Å². The fourth-order valence-corrected chi connectivity index (χ4v) is 13.3. The van der Waals surface area contributed by atoms with E-state index in [4.69, 9.17) is 15.9 Å². The molecule has 0 aromatic heterocycles. The molecule has 8 heteroatoms. The predicted octanol–water partition coefficient (Wildman–Crippen LogP) is 3.95. The number of benzene rings is 3. The van der Waals surface area contributed by atoms with Crippen molar-refractivity contribution in [3.63, 3.8) is 0 Å². The molecule has 1 fully saturated rings. The summed E-state index contributed by atoms with van der Waals surface area (Å²) >= 11 is 4.48. The van der Waals surface area contributed by atoms with Gasteiger partial charge in [-0.3, -0.25) is 0 Å². The quantitative estimate of drug-likeness (QED) is 0.143. The van der Waals surface area contributed by atoms with Gasteiger partial charge in [0.1, 0.15) is 0 Å². The second kappa shape index (κ2) is 12.0. The van der Waals surface area contributed by atoms with Crippen LogP contribution < -0.4 is 27.0 Å². The van der Waals surface area contributed by atoms with Gasteiger partial charge in [-0.15, -0.1) is 0 Å². The van der Waals surface area contributed by atoms with E-state index in [1.807, 2.05) is 0 Å². The third-order valence-corrected chi connectivity index (χ3v) is 17.8. The minimum absolute atomic E-state index is 0.0166. The number of nitrogens with zero attached hydrogens (tertiary/aromatic N) is 1. The topological polar surface area (TPSA) is 91.4 Å². The van der Waals surface area contributed by atoms with Crippen molar-refractivity contribution < 1.29 is 9.53 Å². The van der Waals surface area contributed by atoms with E-state index in [9.17, 15) is 4.79 Å². The molecule has 1 amide bonds. The van der Waals surface area contributed by atoms with Gasteiger partial charge in [-0.05, 0) is 0 Å². The summed E-state index contributed by atoms with van der Waals surface area (Å²) in [7, 11) is 1.76. The van der Waals surface area contributed by atoms with Crippen molar-refractivity contribution in [3.05, 3.63) is 91.0 Å². The van der Waals surface area contributed by atoms with Crippen LogP contribution in [-0.4, -0.2) is 56.3 Å². The monoisotopic (exact) mass is 596 g/mol. The zero-order valence-electron chi connectivity index (χ0n) is 22.0. The first-order valence-corrected chi connectivity index (χ1v) is 17.5. The summed E-state index contributed by atoms with van der Waals surface area (Å²) in [6.45, 7) is 2.04. The average Bonchev–Trinajstić information content (AvgIpc) is 2.97. The summed E-state index contributed by atoms with van der Waals surface area (Å²) in [5.41, 5.74) is 5.09. The molecule has 0 radical (unpaired) electrons. The van der Waals surface area contributed by atoms with Gasteiger partial charge in [0.25, 0.3) is 0 Å². The summed E-state index contributed by atoms with van der Waals surface area (Å²) in [5.74, 6) is -0.0168. The van der Waals surface area contributed by atoms with Crippen LogP contribution in [0.1, 0.15) is 19.3 Å². The number of carbonyl (C=O) groups excluding carboxylic acids is 1. The normalized spacial score (nSPS) is 16.1. The Morgan fingerprint density at radius 3 is 1.82 bits per heavy atom. The number of nitrogens with two attached hydrogens (primary N) is 1. The molecule has 1 aliphatic rings. The first-order valence-electron chi connectivity index (χ1n) is 13.1. The molecule has 0 atom stereocenters. The number of ether oxygens (including phenoxy) is 1. The van der Waals surface area contributed by atoms with Crippen LogP contribution in [0.3, 0.4) is 0 Å². The average molecular weight is 598 g/mol. The van der Waals surface area contributed by atoms with Crippen LogP contribution in [0, 0.1) is 10.8 Å². The second-order valence-corrected chi connectivity index (χ2v) is 19.2. The fourth-order valence-electron chi connectivity index (χ4n) is 5.57. The number of hydrogen-bond donors (Lipinski definition) is 3. The maximum absolute atomic E-state index is 13.6. The molecule has 4 rings (SSSR count). The Bertz CT molecular complexity index is 1120. The molecule has 0 unspecified atom stereocenters. The summed E-state index contributed by atoms with van der Waals surface area (Å²) in [6.07, 6.45) is 2.88. The Morgan fingerprint density at radius 1 is 0.947 bits per heavy atom. The van der Waals surface area contributed by atoms with Crippen LogP contribution >= 0.6 is 20.8 Å². The number of guanidine groups is 1. The Hall–Kier alpha value is -2.73. The van der Waals surface area contributed by atoms with E-state index >= 15 is 0 Å². The third kappa shape index (κ3) is 5.51. The molecule has 1 aliphatic heterocycles. The van der Waals surface area contributed by atoms with Crippen LogP contribution in [0.4, 0.5) is 0 Å². The molecule has 0 spiro atoms. The van der Waals surface area contributed by atoms with Crippen molar-refractivity contribution in [2.24, 2.45) is 11.1 Å². The first-order chi connectivity index (χ1) is 18.3. The van der Waals surface area contributed by atoms with E-state index in [-0.39, 0.29) is 11.9 Å². The predicted molar refractivity (Wildman–Crippen MR) is 164 cm³/mol. The van der Waals surface area contributed by atoms with E-state index in [2.05, 4.69) is 112 Å². The Kier molecular flexibility index (Phi) is 8.92. The molecule has 1 heterocycles. The second-order valence-electron chi connectivity index (χ2n) is 10.2. The van der Waals surface area contributed by atoms with Gasteiger partial charge in [0.15, 0.2) is 0 Å². The van der Waals surface area contributed by atoms with Gasteiger partial charge in [-0.1, -0.05) is 0 Å². The number of rotatable bonds is 10. The van der Waals surface area contributed by atoms with Crippen molar-refractivity contribution in [3.8, 4) is 0 Å². The van der Waals surface area contributed by atoms with E-state index in [1.54, 1.807) is 11.9 Å². The standard InChI is InChI=1S/C30H38BrN4O2P/c1-35(29(32)33)24-30(18-21-37-22-19-30)28(36)34-20-11-23-38(31,25-12-5-2-6-13-25,26-14-7-3-8-15-26)27-16-9-4-10-17-27/h2-10,12-17H,11,18-24H2,1H3,(H3,32,33)(H,34,36). The molecular weight excluding hydrogens is 559 g/mol. The van der Waals surface area contributed by atoms with Gasteiger partial charge in [0.2, 0.25) is 0 Å². The maximum atomic E-state index is 13.6. The fraction of sp³-hybridized carbons (Fsp3) is 0.333. The van der Waals surface area contributed by atoms with Gasteiger partial charge >= 0.3 is 235 Å². The van der Waals surface area contributed by atoms with Crippen molar-refractivity contribution in [2.45, 2.75) is 19.3 Å². The van der Waals surface area contributed by atoms with Crippen LogP contribution in [-0.2, 0) is 9.53 Å². The number of amides is 1. The molecular formula is C30H38BrN4O2P. The number of halogens is 1. The summed E-state index contributed by atoms with van der Waals surface area (Å²) in [6, 6.07) is 32.1. The van der Waals surface area contributed by atoms with Crippen LogP contribution in [0.25, 0.3) is 0 Å². The van der Waals surface area contributed by atoms with Gasteiger partial charge in [0, 0.05) is 0 Å². The molecule has 0 saturated carbocycles. The van der Waals surface area contributed by atoms with Gasteiger partial charge in [0.05, 0.1) is 0 Å². The molecule has 3 aromatic carbocycles. The first kappa shape index (κ1) is 28.3. The van der Waals surface area contributed by atoms with Crippen molar-refractivity contribution >= 4 is 48.6 Å². The summed E-state index contributed by atoms with van der Waals surface area (Å²) < 4.78 is 5.56. The molecule has 0 bridgehead atoms. The van der Waals surface area contributed by atoms with Crippen LogP contribution in [0.2, 0.25) is 0 Å². The Labute approximate surface area is 234 Å². The Balaban J connectivity index is 1.62. The van der Waals surface area contributed by atoms with Crippen LogP contribution in [0.5, 0.6) is 0 Å². The Morgan fingerprint density at radius 2 is 1.39 bits per heavy atom. The number of nitrogens with one attached hydrogen (secondary N) is 2. The zero-order valence-corrected chi connectivity index (χ0v) is 24.5. The summed E-state index contributed by atoms with van der Waals surface area (Å²) in [5, 5.41) is 11.8. The molecule has 0 aliphatic carbocycles. The molecule has 202 valence electrons. The minimum atomic E-state index is -3.02. The van der Waals surface area contributed by atoms with E-state index < -0.39 is 10.7 Å². The molecule has 1 saturated heterocycles. The van der Waals surface area contributed by atoms with Crippen molar-refractivity contribution in [2.75, 3.05) is 39.5 Å². The third-order valence-electron chi connectivity index (χ3n) is 7.81. The van der Waals surface area contributed by atoms with Crippen molar-refractivity contribution in [1.82, 2.24) is 10.2 Å². The zero-order chi connectivity index (χ0) is 27.1. The molecule has 6 nitrogen and oxygen atoms in total. The molecule has 4 N–H and O–H groups in total. The molecule has 3 aromatic rings. The SMILES string of the molecule is CN(CC1(C(=O)NCCCP(Br)(c2ccccc2)(c2ccccc2)c2ccccc2)CCOCC1)C(=N)N. The number of carbonyl (C=O) groups is 1.